The quantitative estimate of drug-likeness (QED) is 0.0261. The molecule has 446 valence electrons. The van der Waals surface area contributed by atoms with Crippen LogP contribution in [0, 0.1) is 0 Å². The summed E-state index contributed by atoms with van der Waals surface area (Å²) in [5, 5.41) is 0. The van der Waals surface area contributed by atoms with E-state index in [1.807, 2.05) is 0 Å². The summed E-state index contributed by atoms with van der Waals surface area (Å²) in [4.78, 5) is 38.3. The molecule has 0 rings (SSSR count). The van der Waals surface area contributed by atoms with E-state index in [0.29, 0.717) is 19.3 Å². The van der Waals surface area contributed by atoms with Crippen molar-refractivity contribution in [1.82, 2.24) is 0 Å². The van der Waals surface area contributed by atoms with Gasteiger partial charge in [0.25, 0.3) is 0 Å². The van der Waals surface area contributed by atoms with Crippen molar-refractivity contribution >= 4 is 17.9 Å². The van der Waals surface area contributed by atoms with Gasteiger partial charge >= 0.3 is 17.9 Å². The van der Waals surface area contributed by atoms with Crippen molar-refractivity contribution in [3.8, 4) is 0 Å². The summed E-state index contributed by atoms with van der Waals surface area (Å²) in [6.07, 6.45) is 89.5. The van der Waals surface area contributed by atoms with Gasteiger partial charge in [0.15, 0.2) is 6.10 Å². The number of hydrogen-bond donors (Lipinski definition) is 0. The molecule has 78 heavy (non-hydrogen) atoms. The van der Waals surface area contributed by atoms with Gasteiger partial charge < -0.3 is 14.2 Å². The highest BCUT2D eigenvalue weighted by molar-refractivity contribution is 5.71. The van der Waals surface area contributed by atoms with E-state index in [1.54, 1.807) is 0 Å². The Hall–Kier alpha value is -3.93. The van der Waals surface area contributed by atoms with Crippen molar-refractivity contribution in [2.75, 3.05) is 13.2 Å². The molecule has 0 N–H and O–H groups in total. The second kappa shape index (κ2) is 65.6. The summed E-state index contributed by atoms with van der Waals surface area (Å²) >= 11 is 0. The molecule has 6 nitrogen and oxygen atoms in total. The molecule has 6 heteroatoms. The highest BCUT2D eigenvalue weighted by atomic mass is 16.6. The number of ether oxygens (including phenoxy) is 3. The number of allylic oxidation sites excluding steroid dienone is 18. The molecular formula is C72H122O6. The first-order chi connectivity index (χ1) is 38.5. The molecule has 1 unspecified atom stereocenters. The fraction of sp³-hybridized carbons (Fsp3) is 0.708. The number of hydrogen-bond acceptors (Lipinski definition) is 6. The van der Waals surface area contributed by atoms with E-state index in [0.717, 1.165) is 128 Å². The van der Waals surface area contributed by atoms with Crippen molar-refractivity contribution in [3.05, 3.63) is 109 Å². The van der Waals surface area contributed by atoms with Crippen LogP contribution in [0.15, 0.2) is 109 Å². The molecule has 0 aromatic heterocycles. The van der Waals surface area contributed by atoms with Gasteiger partial charge in [-0.05, 0) is 109 Å². The normalized spacial score (nSPS) is 12.8. The maximum Gasteiger partial charge on any atom is 0.306 e. The topological polar surface area (TPSA) is 78.9 Å². The zero-order valence-corrected chi connectivity index (χ0v) is 51.2. The molecule has 0 spiro atoms. The molecule has 0 bridgehead atoms. The van der Waals surface area contributed by atoms with Gasteiger partial charge in [0, 0.05) is 19.3 Å². The number of carbonyl (C=O) groups is 3. The summed E-state index contributed by atoms with van der Waals surface area (Å²) < 4.78 is 16.9. The first kappa shape index (κ1) is 74.1. The zero-order chi connectivity index (χ0) is 56.4. The molecule has 0 aliphatic carbocycles. The van der Waals surface area contributed by atoms with E-state index in [9.17, 15) is 14.4 Å². The zero-order valence-electron chi connectivity index (χ0n) is 51.2. The smallest absolute Gasteiger partial charge is 0.306 e. The number of unbranched alkanes of at least 4 members (excludes halogenated alkanes) is 30. The molecular weight excluding hydrogens is 961 g/mol. The number of esters is 3. The molecule has 0 heterocycles. The lowest BCUT2D eigenvalue weighted by molar-refractivity contribution is -0.167. The molecule has 0 radical (unpaired) electrons. The van der Waals surface area contributed by atoms with E-state index in [4.69, 9.17) is 14.2 Å². The fourth-order valence-corrected chi connectivity index (χ4v) is 9.10. The Balaban J connectivity index is 4.30. The molecule has 0 saturated carbocycles. The monoisotopic (exact) mass is 1080 g/mol. The van der Waals surface area contributed by atoms with Crippen LogP contribution in [0.3, 0.4) is 0 Å². The lowest BCUT2D eigenvalue weighted by atomic mass is 10.0. The lowest BCUT2D eigenvalue weighted by Crippen LogP contribution is -2.30. The maximum absolute atomic E-state index is 12.9. The Morgan fingerprint density at radius 1 is 0.269 bits per heavy atom. The molecule has 0 aliphatic rings. The molecule has 0 aromatic carbocycles. The predicted molar refractivity (Wildman–Crippen MR) is 339 cm³/mol. The highest BCUT2D eigenvalue weighted by Gasteiger charge is 2.19. The van der Waals surface area contributed by atoms with Crippen molar-refractivity contribution in [2.45, 2.75) is 316 Å². The van der Waals surface area contributed by atoms with E-state index < -0.39 is 6.10 Å². The minimum absolute atomic E-state index is 0.0849. The molecule has 0 saturated heterocycles. The van der Waals surface area contributed by atoms with Gasteiger partial charge in [0.05, 0.1) is 0 Å². The average Bonchev–Trinajstić information content (AvgIpc) is 3.44. The van der Waals surface area contributed by atoms with Gasteiger partial charge in [-0.25, -0.2) is 0 Å². The van der Waals surface area contributed by atoms with Crippen molar-refractivity contribution < 1.29 is 28.6 Å². The second-order valence-electron chi connectivity index (χ2n) is 21.6. The van der Waals surface area contributed by atoms with Crippen LogP contribution >= 0.6 is 0 Å². The molecule has 1 atom stereocenters. The Bertz CT molecular complexity index is 1570. The standard InChI is InChI=1S/C72H122O6/c1-4-7-10-13-16-19-22-25-27-29-30-31-32-33-34-35-36-37-38-39-40-41-42-44-45-47-50-53-56-59-62-65-71(74)77-68-69(67-76-70(73)64-61-58-55-52-49-24-21-18-15-12-9-6-3)78-72(75)66-63-60-57-54-51-48-46-43-28-26-23-20-17-14-11-8-5-2/h7,10,16,18-19,21,25,27,30-31,33-34,36-37,39-40,42,44,69H,4-6,8-9,11-15,17,20,22-24,26,28-29,32,35,38,41,43,45-68H2,1-3H3/b10-7-,19-16-,21-18-,27-25-,31-30-,34-33-,37-36-,40-39-,44-42-. The third-order valence-corrected chi connectivity index (χ3v) is 14.0. The SMILES string of the molecule is CC/C=C\C/C=C\C/C=C\C/C=C\C/C=C\C/C=C\C/C=C\C/C=C\CCCCCCCCC(=O)OCC(COC(=O)CCCCCCC/C=C\CCCCC)OC(=O)CCCCCCCCCCCCCCCCCCC. The van der Waals surface area contributed by atoms with E-state index in [2.05, 4.69) is 130 Å². The highest BCUT2D eigenvalue weighted by Crippen LogP contribution is 2.16. The molecule has 0 amide bonds. The summed E-state index contributed by atoms with van der Waals surface area (Å²) in [5.41, 5.74) is 0. The molecule has 0 aliphatic heterocycles. The molecule has 0 fully saturated rings. The largest absolute Gasteiger partial charge is 0.462 e. The van der Waals surface area contributed by atoms with Crippen LogP contribution in [0.5, 0.6) is 0 Å². The lowest BCUT2D eigenvalue weighted by Gasteiger charge is -2.18. The third kappa shape index (κ3) is 62.9. The summed E-state index contributed by atoms with van der Waals surface area (Å²) in [5.74, 6) is -0.898. The Morgan fingerprint density at radius 3 is 0.821 bits per heavy atom. The van der Waals surface area contributed by atoms with Crippen LogP contribution in [0.2, 0.25) is 0 Å². The van der Waals surface area contributed by atoms with Gasteiger partial charge in [-0.3, -0.25) is 14.4 Å². The van der Waals surface area contributed by atoms with Crippen molar-refractivity contribution in [3.63, 3.8) is 0 Å². The van der Waals surface area contributed by atoms with Crippen molar-refractivity contribution in [2.24, 2.45) is 0 Å². The Morgan fingerprint density at radius 2 is 0.500 bits per heavy atom. The number of carbonyl (C=O) groups excluding carboxylic acids is 3. The number of rotatable bonds is 59. The van der Waals surface area contributed by atoms with Crippen LogP contribution in [-0.4, -0.2) is 37.2 Å². The summed E-state index contributed by atoms with van der Waals surface area (Å²) in [7, 11) is 0. The fourth-order valence-electron chi connectivity index (χ4n) is 9.10. The van der Waals surface area contributed by atoms with Crippen LogP contribution < -0.4 is 0 Å². The maximum atomic E-state index is 12.9. The van der Waals surface area contributed by atoms with E-state index in [-0.39, 0.29) is 31.1 Å². The Labute approximate surface area is 482 Å². The van der Waals surface area contributed by atoms with Crippen LogP contribution in [0.4, 0.5) is 0 Å². The summed E-state index contributed by atoms with van der Waals surface area (Å²) in [6, 6.07) is 0. The van der Waals surface area contributed by atoms with Gasteiger partial charge in [0.2, 0.25) is 0 Å². The van der Waals surface area contributed by atoms with Crippen LogP contribution in [0.25, 0.3) is 0 Å². The first-order valence-corrected chi connectivity index (χ1v) is 32.9. The minimum Gasteiger partial charge on any atom is -0.462 e. The third-order valence-electron chi connectivity index (χ3n) is 14.0. The Kier molecular flexibility index (Phi) is 62.3. The van der Waals surface area contributed by atoms with Gasteiger partial charge in [-0.2, -0.15) is 0 Å². The van der Waals surface area contributed by atoms with Crippen LogP contribution in [-0.2, 0) is 28.6 Å². The first-order valence-electron chi connectivity index (χ1n) is 32.9. The van der Waals surface area contributed by atoms with Gasteiger partial charge in [-0.1, -0.05) is 291 Å². The molecule has 0 aromatic rings. The van der Waals surface area contributed by atoms with E-state index in [1.165, 1.54) is 141 Å². The van der Waals surface area contributed by atoms with Crippen molar-refractivity contribution in [1.29, 1.82) is 0 Å². The van der Waals surface area contributed by atoms with Crippen LogP contribution in [0.1, 0.15) is 310 Å². The van der Waals surface area contributed by atoms with Gasteiger partial charge in [-0.15, -0.1) is 0 Å². The average molecular weight is 1080 g/mol. The van der Waals surface area contributed by atoms with E-state index >= 15 is 0 Å². The minimum atomic E-state index is -0.787. The summed E-state index contributed by atoms with van der Waals surface area (Å²) in [6.45, 7) is 6.51. The second-order valence-corrected chi connectivity index (χ2v) is 21.6. The predicted octanol–water partition coefficient (Wildman–Crippen LogP) is 22.6. The van der Waals surface area contributed by atoms with Gasteiger partial charge in [0.1, 0.15) is 13.2 Å².